The molecule has 0 fully saturated rings. The molecule has 0 spiro atoms. The first-order valence-corrected chi connectivity index (χ1v) is 31.7. The molecular formula is C67H123NO3. The van der Waals surface area contributed by atoms with Gasteiger partial charge >= 0.3 is 0 Å². The van der Waals surface area contributed by atoms with E-state index < -0.39 is 12.1 Å². The molecule has 0 rings (SSSR count). The van der Waals surface area contributed by atoms with Gasteiger partial charge in [0.1, 0.15) is 0 Å². The molecule has 0 aliphatic rings. The number of unbranched alkanes of at least 4 members (excludes halogenated alkanes) is 41. The number of hydrogen-bond donors (Lipinski definition) is 3. The van der Waals surface area contributed by atoms with Gasteiger partial charge in [0.25, 0.3) is 0 Å². The van der Waals surface area contributed by atoms with Crippen LogP contribution in [0.2, 0.25) is 0 Å². The Bertz CT molecular complexity index is 1210. The second-order valence-electron chi connectivity index (χ2n) is 21.4. The van der Waals surface area contributed by atoms with Gasteiger partial charge in [-0.3, -0.25) is 4.79 Å². The number of nitrogens with one attached hydrogen (secondary N) is 1. The molecule has 0 heterocycles. The van der Waals surface area contributed by atoms with Crippen molar-refractivity contribution in [2.24, 2.45) is 0 Å². The summed E-state index contributed by atoms with van der Waals surface area (Å²) in [4.78, 5) is 12.5. The van der Waals surface area contributed by atoms with Crippen LogP contribution in [0.4, 0.5) is 0 Å². The van der Waals surface area contributed by atoms with Crippen molar-refractivity contribution in [2.75, 3.05) is 6.61 Å². The number of carbonyl (C=O) groups is 1. The second-order valence-corrected chi connectivity index (χ2v) is 21.4. The zero-order valence-electron chi connectivity index (χ0n) is 47.7. The first kappa shape index (κ1) is 68.8. The molecule has 4 heteroatoms. The van der Waals surface area contributed by atoms with E-state index in [2.05, 4.69) is 79.9 Å². The summed E-state index contributed by atoms with van der Waals surface area (Å²) in [6, 6.07) is -0.641. The number of allylic oxidation sites excluding steroid dienone is 11. The molecule has 0 aromatic rings. The number of carbonyl (C=O) groups excluding carboxylic acids is 1. The zero-order valence-corrected chi connectivity index (χ0v) is 47.7. The Labute approximate surface area is 444 Å². The molecule has 0 aromatic heterocycles. The van der Waals surface area contributed by atoms with Crippen LogP contribution in [-0.2, 0) is 4.79 Å². The van der Waals surface area contributed by atoms with Crippen LogP contribution in [0, 0.1) is 0 Å². The molecule has 0 aliphatic carbocycles. The lowest BCUT2D eigenvalue weighted by Crippen LogP contribution is -2.45. The minimum Gasteiger partial charge on any atom is -0.394 e. The van der Waals surface area contributed by atoms with Crippen LogP contribution in [0.25, 0.3) is 0 Å². The van der Waals surface area contributed by atoms with Crippen LogP contribution >= 0.6 is 0 Å². The van der Waals surface area contributed by atoms with Gasteiger partial charge in [-0.05, 0) is 70.6 Å². The molecule has 71 heavy (non-hydrogen) atoms. The average molecular weight is 991 g/mol. The summed E-state index contributed by atoms with van der Waals surface area (Å²) in [6.07, 6.45) is 89.6. The van der Waals surface area contributed by atoms with Crippen molar-refractivity contribution in [2.45, 2.75) is 341 Å². The minimum absolute atomic E-state index is 0.0691. The molecular weight excluding hydrogens is 867 g/mol. The normalized spacial score (nSPS) is 13.2. The van der Waals surface area contributed by atoms with E-state index >= 15 is 0 Å². The molecule has 0 saturated carbocycles. The summed E-state index contributed by atoms with van der Waals surface area (Å²) in [5.41, 5.74) is 0. The highest BCUT2D eigenvalue weighted by molar-refractivity contribution is 5.76. The SMILES string of the molecule is CC/C=C\C/C=C\C/C=C\C/C=C\CCCCCCCCCCCCCCCCCCCCCCCCC(=O)NC(CO)C(O)/C=C/CC/C=C/CCCCCCCCCCCCCCCCCCCC. The molecule has 0 radical (unpaired) electrons. The van der Waals surface area contributed by atoms with Gasteiger partial charge in [-0.15, -0.1) is 0 Å². The van der Waals surface area contributed by atoms with Crippen molar-refractivity contribution >= 4 is 5.91 Å². The van der Waals surface area contributed by atoms with Crippen LogP contribution in [0.15, 0.2) is 72.9 Å². The average Bonchev–Trinajstić information content (AvgIpc) is 3.37. The standard InChI is InChI=1S/C67H123NO3/c1-3-5-7-9-11-13-15-17-19-21-23-25-27-29-30-31-32-33-34-35-36-37-38-39-41-43-45-47-49-51-53-55-57-59-61-63-67(71)68-65(64-69)66(70)62-60-58-56-54-52-50-48-46-44-42-40-28-26-24-22-20-18-16-14-12-10-8-6-4-2/h5,7,11,13,17,19,23,25,52,54,60,62,65-66,69-70H,3-4,6,8-10,12,14-16,18,20-22,24,26-51,53,55-59,61,63-64H2,1-2H3,(H,68,71)/b7-5-,13-11-,19-17-,25-23-,54-52+,62-60+. The largest absolute Gasteiger partial charge is 0.394 e. The van der Waals surface area contributed by atoms with E-state index in [9.17, 15) is 15.0 Å². The van der Waals surface area contributed by atoms with E-state index in [4.69, 9.17) is 0 Å². The fourth-order valence-corrected chi connectivity index (χ4v) is 9.66. The smallest absolute Gasteiger partial charge is 0.220 e. The third kappa shape index (κ3) is 58.6. The summed E-state index contributed by atoms with van der Waals surface area (Å²) in [6.45, 7) is 4.22. The predicted octanol–water partition coefficient (Wildman–Crippen LogP) is 21.3. The Balaban J connectivity index is 3.47. The van der Waals surface area contributed by atoms with Crippen LogP contribution in [0.1, 0.15) is 328 Å². The highest BCUT2D eigenvalue weighted by Gasteiger charge is 2.18. The molecule has 3 N–H and O–H groups in total. The van der Waals surface area contributed by atoms with Crippen LogP contribution in [0.3, 0.4) is 0 Å². The van der Waals surface area contributed by atoms with Crippen molar-refractivity contribution in [1.82, 2.24) is 5.32 Å². The number of rotatable bonds is 58. The maximum Gasteiger partial charge on any atom is 0.220 e. The summed E-state index contributed by atoms with van der Waals surface area (Å²) < 4.78 is 0. The molecule has 0 aliphatic heterocycles. The van der Waals surface area contributed by atoms with Gasteiger partial charge in [-0.25, -0.2) is 0 Å². The summed E-state index contributed by atoms with van der Waals surface area (Å²) in [5.74, 6) is -0.0691. The van der Waals surface area contributed by atoms with Crippen molar-refractivity contribution < 1.29 is 15.0 Å². The second kappa shape index (κ2) is 62.1. The topological polar surface area (TPSA) is 69.6 Å². The Kier molecular flexibility index (Phi) is 60.2. The summed E-state index contributed by atoms with van der Waals surface area (Å²) >= 11 is 0. The fourth-order valence-electron chi connectivity index (χ4n) is 9.66. The van der Waals surface area contributed by atoms with Gasteiger partial charge < -0.3 is 15.5 Å². The van der Waals surface area contributed by atoms with Crippen molar-refractivity contribution in [1.29, 1.82) is 0 Å². The predicted molar refractivity (Wildman–Crippen MR) is 317 cm³/mol. The van der Waals surface area contributed by atoms with E-state index in [1.54, 1.807) is 6.08 Å². The molecule has 4 nitrogen and oxygen atoms in total. The zero-order chi connectivity index (χ0) is 51.3. The van der Waals surface area contributed by atoms with Gasteiger partial charge in [-0.1, -0.05) is 324 Å². The molecule has 2 unspecified atom stereocenters. The molecule has 1 amide bonds. The highest BCUT2D eigenvalue weighted by atomic mass is 16.3. The maximum atomic E-state index is 12.5. The van der Waals surface area contributed by atoms with E-state index in [0.717, 1.165) is 57.8 Å². The molecule has 0 bridgehead atoms. The summed E-state index contributed by atoms with van der Waals surface area (Å²) in [5, 5.41) is 23.2. The van der Waals surface area contributed by atoms with E-state index in [1.165, 1.54) is 250 Å². The van der Waals surface area contributed by atoms with Crippen LogP contribution in [0.5, 0.6) is 0 Å². The lowest BCUT2D eigenvalue weighted by molar-refractivity contribution is -0.123. The molecule has 0 saturated heterocycles. The van der Waals surface area contributed by atoms with Crippen LogP contribution < -0.4 is 5.32 Å². The molecule has 0 aromatic carbocycles. The summed E-state index contributed by atoms with van der Waals surface area (Å²) in [7, 11) is 0. The third-order valence-corrected chi connectivity index (χ3v) is 14.4. The molecule has 2 atom stereocenters. The van der Waals surface area contributed by atoms with Crippen molar-refractivity contribution in [3.05, 3.63) is 72.9 Å². The number of hydrogen-bond acceptors (Lipinski definition) is 3. The number of aliphatic hydroxyl groups excluding tert-OH is 2. The molecule has 414 valence electrons. The van der Waals surface area contributed by atoms with Crippen molar-refractivity contribution in [3.8, 4) is 0 Å². The van der Waals surface area contributed by atoms with Gasteiger partial charge in [0, 0.05) is 6.42 Å². The Hall–Kier alpha value is -2.17. The van der Waals surface area contributed by atoms with Gasteiger partial charge in [0.05, 0.1) is 18.8 Å². The number of aliphatic hydroxyl groups is 2. The van der Waals surface area contributed by atoms with Gasteiger partial charge in [0.15, 0.2) is 0 Å². The van der Waals surface area contributed by atoms with Crippen molar-refractivity contribution in [3.63, 3.8) is 0 Å². The Morgan fingerprint density at radius 1 is 0.352 bits per heavy atom. The van der Waals surface area contributed by atoms with E-state index in [0.29, 0.717) is 6.42 Å². The van der Waals surface area contributed by atoms with E-state index in [-0.39, 0.29) is 12.5 Å². The Morgan fingerprint density at radius 3 is 0.986 bits per heavy atom. The van der Waals surface area contributed by atoms with Crippen LogP contribution in [-0.4, -0.2) is 34.9 Å². The van der Waals surface area contributed by atoms with Gasteiger partial charge in [-0.2, -0.15) is 0 Å². The third-order valence-electron chi connectivity index (χ3n) is 14.4. The minimum atomic E-state index is -0.864. The van der Waals surface area contributed by atoms with Gasteiger partial charge in [0.2, 0.25) is 5.91 Å². The number of amides is 1. The lowest BCUT2D eigenvalue weighted by Gasteiger charge is -2.19. The first-order valence-electron chi connectivity index (χ1n) is 31.7. The highest BCUT2D eigenvalue weighted by Crippen LogP contribution is 2.18. The quantitative estimate of drug-likeness (QED) is 0.0420. The Morgan fingerprint density at radius 2 is 0.634 bits per heavy atom. The van der Waals surface area contributed by atoms with E-state index in [1.807, 2.05) is 6.08 Å². The maximum absolute atomic E-state index is 12.5. The lowest BCUT2D eigenvalue weighted by atomic mass is 10.0. The monoisotopic (exact) mass is 990 g/mol. The fraction of sp³-hybridized carbons (Fsp3) is 0.806. The first-order chi connectivity index (χ1) is 35.2.